The van der Waals surface area contributed by atoms with Crippen molar-refractivity contribution in [2.24, 2.45) is 5.41 Å². The third-order valence-corrected chi connectivity index (χ3v) is 4.39. The van der Waals surface area contributed by atoms with E-state index in [0.717, 1.165) is 29.7 Å². The number of benzene rings is 1. The number of hydrogen-bond acceptors (Lipinski definition) is 2. The molecule has 2 N–H and O–H groups in total. The number of aliphatic hydroxyl groups excluding tert-OH is 2. The second-order valence-electron chi connectivity index (χ2n) is 6.79. The van der Waals surface area contributed by atoms with Gasteiger partial charge in [-0.25, -0.2) is 0 Å². The molecule has 0 bridgehead atoms. The van der Waals surface area contributed by atoms with Crippen LogP contribution in [0.1, 0.15) is 43.2 Å². The number of rotatable bonds is 3. The van der Waals surface area contributed by atoms with Crippen molar-refractivity contribution in [3.05, 3.63) is 53.3 Å². The van der Waals surface area contributed by atoms with Gasteiger partial charge in [-0.3, -0.25) is 0 Å². The molecule has 21 heavy (non-hydrogen) atoms. The van der Waals surface area contributed by atoms with Crippen LogP contribution >= 0.6 is 0 Å². The van der Waals surface area contributed by atoms with Gasteiger partial charge >= 0.3 is 0 Å². The van der Waals surface area contributed by atoms with Crippen LogP contribution in [0.5, 0.6) is 0 Å². The van der Waals surface area contributed by atoms with E-state index >= 15 is 0 Å². The highest BCUT2D eigenvalue weighted by molar-refractivity contribution is 5.41. The minimum absolute atomic E-state index is 0.124. The highest BCUT2D eigenvalue weighted by Gasteiger charge is 2.33. The van der Waals surface area contributed by atoms with Gasteiger partial charge in [-0.15, -0.1) is 0 Å². The highest BCUT2D eigenvalue weighted by atomic mass is 16.3. The van der Waals surface area contributed by atoms with Crippen molar-refractivity contribution in [1.82, 2.24) is 4.57 Å². The monoisotopic (exact) mass is 285 g/mol. The van der Waals surface area contributed by atoms with Gasteiger partial charge in [0.1, 0.15) is 0 Å². The van der Waals surface area contributed by atoms with E-state index in [1.807, 2.05) is 6.07 Å². The fourth-order valence-electron chi connectivity index (χ4n) is 3.32. The molecular formula is C18H23NO2. The van der Waals surface area contributed by atoms with Gasteiger partial charge in [0, 0.05) is 29.7 Å². The lowest BCUT2D eigenvalue weighted by Gasteiger charge is -2.34. The van der Waals surface area contributed by atoms with Gasteiger partial charge in [0.25, 0.3) is 0 Å². The SMILES string of the molecule is CC1(C)Cc2c(ccn2-c2ccc(CCO)cc2)C(O)C1. The van der Waals surface area contributed by atoms with E-state index in [4.69, 9.17) is 5.11 Å². The molecule has 1 aliphatic rings. The lowest BCUT2D eigenvalue weighted by molar-refractivity contribution is 0.0987. The van der Waals surface area contributed by atoms with Crippen LogP contribution in [0.15, 0.2) is 36.5 Å². The second-order valence-corrected chi connectivity index (χ2v) is 6.79. The smallest absolute Gasteiger partial charge is 0.0812 e. The van der Waals surface area contributed by atoms with Crippen molar-refractivity contribution in [3.63, 3.8) is 0 Å². The molecule has 1 heterocycles. The Hall–Kier alpha value is -1.58. The average Bonchev–Trinajstić information content (AvgIpc) is 2.82. The molecule has 1 aromatic heterocycles. The largest absolute Gasteiger partial charge is 0.396 e. The van der Waals surface area contributed by atoms with Crippen molar-refractivity contribution in [2.75, 3.05) is 6.61 Å². The third kappa shape index (κ3) is 2.76. The van der Waals surface area contributed by atoms with Crippen molar-refractivity contribution in [1.29, 1.82) is 0 Å². The number of fused-ring (bicyclic) bond motifs is 1. The standard InChI is InChI=1S/C18H23NO2/c1-18(2)11-16-15(17(21)12-18)7-9-19(16)14-5-3-13(4-6-14)8-10-20/h3-7,9,17,20-21H,8,10-12H2,1-2H3. The number of aliphatic hydroxyl groups is 2. The number of aromatic nitrogens is 1. The summed E-state index contributed by atoms with van der Waals surface area (Å²) < 4.78 is 2.18. The summed E-state index contributed by atoms with van der Waals surface area (Å²) in [5, 5.41) is 19.3. The van der Waals surface area contributed by atoms with Gasteiger partial charge in [-0.1, -0.05) is 26.0 Å². The fourth-order valence-corrected chi connectivity index (χ4v) is 3.32. The van der Waals surface area contributed by atoms with Crippen LogP contribution in [0, 0.1) is 5.41 Å². The molecule has 3 heteroatoms. The Labute approximate surface area is 125 Å². The first-order valence-electron chi connectivity index (χ1n) is 7.58. The molecule has 0 fully saturated rings. The lowest BCUT2D eigenvalue weighted by Crippen LogP contribution is -2.26. The van der Waals surface area contributed by atoms with E-state index in [2.05, 4.69) is 48.9 Å². The molecule has 1 aliphatic carbocycles. The first-order chi connectivity index (χ1) is 10.00. The molecule has 1 unspecified atom stereocenters. The number of hydrogen-bond donors (Lipinski definition) is 2. The maximum absolute atomic E-state index is 10.3. The van der Waals surface area contributed by atoms with Crippen molar-refractivity contribution in [2.45, 2.75) is 39.2 Å². The zero-order valence-electron chi connectivity index (χ0n) is 12.7. The third-order valence-electron chi connectivity index (χ3n) is 4.39. The summed E-state index contributed by atoms with van der Waals surface area (Å²) in [6, 6.07) is 10.3. The van der Waals surface area contributed by atoms with E-state index in [-0.39, 0.29) is 18.1 Å². The zero-order chi connectivity index (χ0) is 15.0. The molecule has 0 saturated carbocycles. The van der Waals surface area contributed by atoms with Crippen LogP contribution in [-0.2, 0) is 12.8 Å². The summed E-state index contributed by atoms with van der Waals surface area (Å²) in [5.41, 5.74) is 4.66. The minimum atomic E-state index is -0.362. The van der Waals surface area contributed by atoms with E-state index in [0.29, 0.717) is 6.42 Å². The first kappa shape index (κ1) is 14.4. The molecule has 2 aromatic rings. The molecule has 0 amide bonds. The Kier molecular flexibility index (Phi) is 3.64. The second kappa shape index (κ2) is 5.32. The lowest BCUT2D eigenvalue weighted by atomic mass is 9.75. The van der Waals surface area contributed by atoms with Gasteiger partial charge in [0.2, 0.25) is 0 Å². The van der Waals surface area contributed by atoms with Crippen molar-refractivity contribution in [3.8, 4) is 5.69 Å². The molecule has 0 radical (unpaired) electrons. The molecule has 1 atom stereocenters. The Morgan fingerprint density at radius 1 is 1.19 bits per heavy atom. The molecule has 3 rings (SSSR count). The van der Waals surface area contributed by atoms with Gasteiger partial charge in [-0.2, -0.15) is 0 Å². The zero-order valence-corrected chi connectivity index (χ0v) is 12.7. The summed E-state index contributed by atoms with van der Waals surface area (Å²) in [7, 11) is 0. The van der Waals surface area contributed by atoms with Gasteiger partial charge in [0.15, 0.2) is 0 Å². The summed E-state index contributed by atoms with van der Waals surface area (Å²) >= 11 is 0. The maximum atomic E-state index is 10.3. The molecular weight excluding hydrogens is 262 g/mol. The fraction of sp³-hybridized carbons (Fsp3) is 0.444. The topological polar surface area (TPSA) is 45.4 Å². The van der Waals surface area contributed by atoms with E-state index in [9.17, 15) is 5.11 Å². The molecule has 1 aromatic carbocycles. The van der Waals surface area contributed by atoms with Crippen LogP contribution in [0.4, 0.5) is 0 Å². The van der Waals surface area contributed by atoms with Crippen LogP contribution in [0.2, 0.25) is 0 Å². The predicted molar refractivity (Wildman–Crippen MR) is 83.6 cm³/mol. The van der Waals surface area contributed by atoms with Crippen LogP contribution < -0.4 is 0 Å². The first-order valence-corrected chi connectivity index (χ1v) is 7.58. The predicted octanol–water partition coefficient (Wildman–Crippen LogP) is 3.02. The summed E-state index contributed by atoms with van der Waals surface area (Å²) in [4.78, 5) is 0. The van der Waals surface area contributed by atoms with Gasteiger partial charge in [-0.05, 0) is 48.4 Å². The molecule has 112 valence electrons. The van der Waals surface area contributed by atoms with Gasteiger partial charge in [0.05, 0.1) is 6.10 Å². The van der Waals surface area contributed by atoms with Crippen molar-refractivity contribution >= 4 is 0 Å². The van der Waals surface area contributed by atoms with E-state index in [1.54, 1.807) is 0 Å². The van der Waals surface area contributed by atoms with Crippen LogP contribution in [0.3, 0.4) is 0 Å². The summed E-state index contributed by atoms with van der Waals surface area (Å²) in [5.74, 6) is 0. The Balaban J connectivity index is 1.97. The average molecular weight is 285 g/mol. The summed E-state index contributed by atoms with van der Waals surface area (Å²) in [6.45, 7) is 4.60. The van der Waals surface area contributed by atoms with E-state index < -0.39 is 0 Å². The Morgan fingerprint density at radius 3 is 2.57 bits per heavy atom. The summed E-state index contributed by atoms with van der Waals surface area (Å²) in [6.07, 6.45) is 4.18. The highest BCUT2D eigenvalue weighted by Crippen LogP contribution is 2.41. The molecule has 0 aliphatic heterocycles. The molecule has 0 spiro atoms. The van der Waals surface area contributed by atoms with Crippen LogP contribution in [-0.4, -0.2) is 21.4 Å². The minimum Gasteiger partial charge on any atom is -0.396 e. The Bertz CT molecular complexity index is 625. The molecule has 0 saturated heterocycles. The van der Waals surface area contributed by atoms with Gasteiger partial charge < -0.3 is 14.8 Å². The van der Waals surface area contributed by atoms with Crippen LogP contribution in [0.25, 0.3) is 5.69 Å². The number of nitrogens with zero attached hydrogens (tertiary/aromatic N) is 1. The quantitative estimate of drug-likeness (QED) is 0.910. The van der Waals surface area contributed by atoms with Crippen molar-refractivity contribution < 1.29 is 10.2 Å². The maximum Gasteiger partial charge on any atom is 0.0812 e. The van der Waals surface area contributed by atoms with E-state index in [1.165, 1.54) is 5.69 Å². The normalized spacial score (nSPS) is 20.3. The molecule has 3 nitrogen and oxygen atoms in total. The Morgan fingerprint density at radius 2 is 1.90 bits per heavy atom.